The van der Waals surface area contributed by atoms with Crippen LogP contribution in [0, 0.1) is 23.7 Å². The third-order valence-corrected chi connectivity index (χ3v) is 13.0. The number of halogens is 1. The molecule has 3 fully saturated rings. The van der Waals surface area contributed by atoms with Crippen LogP contribution in [0.5, 0.6) is 5.75 Å². The number of azo groups is 1. The van der Waals surface area contributed by atoms with E-state index in [4.69, 9.17) is 11.6 Å². The minimum Gasteiger partial charge on any atom is -0.507 e. The van der Waals surface area contributed by atoms with Crippen molar-refractivity contribution in [1.29, 1.82) is 0 Å². The van der Waals surface area contributed by atoms with Gasteiger partial charge < -0.3 is 10.0 Å². The van der Waals surface area contributed by atoms with Crippen molar-refractivity contribution < 1.29 is 24.3 Å². The Kier molecular flexibility index (Phi) is 9.83. The van der Waals surface area contributed by atoms with Crippen molar-refractivity contribution in [2.75, 3.05) is 28.8 Å². The van der Waals surface area contributed by atoms with E-state index in [1.165, 1.54) is 9.80 Å². The molecule has 300 valence electrons. The fourth-order valence-corrected chi connectivity index (χ4v) is 10.3. The van der Waals surface area contributed by atoms with E-state index in [-0.39, 0.29) is 30.4 Å². The molecule has 0 bridgehead atoms. The van der Waals surface area contributed by atoms with Gasteiger partial charge in [0.05, 0.1) is 45.9 Å². The normalized spacial score (nSPS) is 24.6. The molecule has 11 heteroatoms. The molecule has 0 unspecified atom stereocenters. The van der Waals surface area contributed by atoms with Gasteiger partial charge in [-0.1, -0.05) is 83.9 Å². The highest BCUT2D eigenvalue weighted by molar-refractivity contribution is 6.32. The second kappa shape index (κ2) is 15.2. The molecule has 6 atom stereocenters. The minimum absolute atomic E-state index is 0.000137. The summed E-state index contributed by atoms with van der Waals surface area (Å²) in [5, 5.41) is 21.2. The number of imide groups is 2. The van der Waals surface area contributed by atoms with Crippen LogP contribution >= 0.6 is 11.6 Å². The van der Waals surface area contributed by atoms with Gasteiger partial charge in [0, 0.05) is 36.3 Å². The van der Waals surface area contributed by atoms with E-state index in [0.29, 0.717) is 50.9 Å². The number of para-hydroxylation sites is 1. The zero-order valence-corrected chi connectivity index (χ0v) is 33.9. The summed E-state index contributed by atoms with van der Waals surface area (Å²) in [5.74, 6) is -5.46. The number of nitrogens with zero attached hydrogens (tertiary/aromatic N) is 5. The van der Waals surface area contributed by atoms with Gasteiger partial charge in [-0.05, 0) is 103 Å². The van der Waals surface area contributed by atoms with Crippen LogP contribution in [0.15, 0.2) is 156 Å². The Morgan fingerprint density at radius 1 is 0.783 bits per heavy atom. The molecular weight excluding hydrogens is 774 g/mol. The van der Waals surface area contributed by atoms with Gasteiger partial charge in [-0.2, -0.15) is 10.2 Å². The summed E-state index contributed by atoms with van der Waals surface area (Å²) in [6.45, 7) is 3.89. The van der Waals surface area contributed by atoms with E-state index >= 15 is 9.59 Å². The Morgan fingerprint density at radius 3 is 2.13 bits per heavy atom. The van der Waals surface area contributed by atoms with Gasteiger partial charge in [-0.3, -0.25) is 24.1 Å². The summed E-state index contributed by atoms with van der Waals surface area (Å²) < 4.78 is 0. The molecule has 0 aromatic heterocycles. The SMILES string of the molecule is C=CCc1cccc([C@H]2C3=CC[C@@H]4C(=O)N(c5ccc(N=Nc6ccc(N(C)C)cc6)cc5)C(=O)[C@@H]4[C@@H]3C[C@H]3C(=O)N(c4cccc(Cl)c4)C(=O)[C@@]23c2ccccc2)c1O. The second-order valence-electron chi connectivity index (χ2n) is 16.1. The molecule has 2 aliphatic heterocycles. The number of rotatable bonds is 9. The van der Waals surface area contributed by atoms with Crippen LogP contribution in [0.1, 0.15) is 35.4 Å². The summed E-state index contributed by atoms with van der Waals surface area (Å²) >= 11 is 6.45. The van der Waals surface area contributed by atoms with Crippen molar-refractivity contribution in [3.8, 4) is 5.75 Å². The Bertz CT molecular complexity index is 2630. The molecule has 1 N–H and O–H groups in total. The molecule has 1 saturated carbocycles. The van der Waals surface area contributed by atoms with E-state index in [2.05, 4.69) is 16.8 Å². The lowest BCUT2D eigenvalue weighted by molar-refractivity contribution is -0.127. The monoisotopic (exact) mass is 815 g/mol. The molecule has 10 nitrogen and oxygen atoms in total. The number of hydrogen-bond acceptors (Lipinski definition) is 8. The lowest BCUT2D eigenvalue weighted by Crippen LogP contribution is -2.53. The number of amides is 4. The largest absolute Gasteiger partial charge is 0.507 e. The fourth-order valence-electron chi connectivity index (χ4n) is 10.1. The van der Waals surface area contributed by atoms with Crippen LogP contribution in [0.3, 0.4) is 0 Å². The number of aromatic hydroxyl groups is 1. The third-order valence-electron chi connectivity index (χ3n) is 12.7. The van der Waals surface area contributed by atoms with Crippen LogP contribution in [-0.4, -0.2) is 42.8 Å². The second-order valence-corrected chi connectivity index (χ2v) is 16.5. The van der Waals surface area contributed by atoms with Gasteiger partial charge in [0.2, 0.25) is 23.6 Å². The van der Waals surface area contributed by atoms with Crippen LogP contribution in [0.4, 0.5) is 28.4 Å². The van der Waals surface area contributed by atoms with Crippen LogP contribution < -0.4 is 14.7 Å². The molecule has 0 radical (unpaired) electrons. The van der Waals surface area contributed by atoms with Gasteiger partial charge >= 0.3 is 0 Å². The van der Waals surface area contributed by atoms with Gasteiger partial charge in [-0.25, -0.2) is 4.90 Å². The van der Waals surface area contributed by atoms with E-state index < -0.39 is 46.8 Å². The van der Waals surface area contributed by atoms with Crippen molar-refractivity contribution >= 4 is 63.7 Å². The summed E-state index contributed by atoms with van der Waals surface area (Å²) in [6, 6.07) is 35.9. The number of carbonyl (C=O) groups is 4. The highest BCUT2D eigenvalue weighted by Gasteiger charge is 2.70. The molecular formula is C49H42ClN5O5. The summed E-state index contributed by atoms with van der Waals surface area (Å²) in [5.41, 5.74) is 3.98. The molecule has 2 aliphatic carbocycles. The molecule has 4 amide bonds. The predicted molar refractivity (Wildman–Crippen MR) is 232 cm³/mol. The van der Waals surface area contributed by atoms with Gasteiger partial charge in [0.25, 0.3) is 0 Å². The Labute approximate surface area is 353 Å². The smallest absolute Gasteiger partial charge is 0.246 e. The molecule has 60 heavy (non-hydrogen) atoms. The third kappa shape index (κ3) is 6.08. The average Bonchev–Trinajstić information content (AvgIpc) is 3.65. The van der Waals surface area contributed by atoms with Crippen LogP contribution in [0.2, 0.25) is 5.02 Å². The van der Waals surface area contributed by atoms with Gasteiger partial charge in [0.1, 0.15) is 5.75 Å². The zero-order valence-electron chi connectivity index (χ0n) is 33.1. The maximum absolute atomic E-state index is 15.5. The molecule has 9 rings (SSSR count). The lowest BCUT2D eigenvalue weighted by Gasteiger charge is -2.50. The summed E-state index contributed by atoms with van der Waals surface area (Å²) in [7, 11) is 3.93. The van der Waals surface area contributed by atoms with E-state index in [0.717, 1.165) is 11.3 Å². The number of benzene rings is 5. The number of phenolic OH excluding ortho intramolecular Hbond substituents is 1. The number of carbonyl (C=O) groups excluding carboxylic acids is 4. The maximum atomic E-state index is 15.5. The van der Waals surface area contributed by atoms with Crippen LogP contribution in [-0.2, 0) is 31.0 Å². The first-order valence-electron chi connectivity index (χ1n) is 20.0. The molecule has 5 aromatic rings. The first-order valence-corrected chi connectivity index (χ1v) is 20.4. The Hall–Kier alpha value is -6.65. The first kappa shape index (κ1) is 38.8. The number of phenols is 1. The van der Waals surface area contributed by atoms with Crippen LogP contribution in [0.25, 0.3) is 0 Å². The highest BCUT2D eigenvalue weighted by atomic mass is 35.5. The Morgan fingerprint density at radius 2 is 1.47 bits per heavy atom. The summed E-state index contributed by atoms with van der Waals surface area (Å²) in [4.78, 5) is 64.3. The fraction of sp³-hybridized carbons (Fsp3) is 0.224. The number of fused-ring (bicyclic) bond motifs is 4. The topological polar surface area (TPSA) is 123 Å². The molecule has 4 aliphatic rings. The van der Waals surface area contributed by atoms with Crippen molar-refractivity contribution in [2.24, 2.45) is 33.9 Å². The number of hydrogen-bond donors (Lipinski definition) is 1. The van der Waals surface area contributed by atoms with E-state index in [1.54, 1.807) is 60.7 Å². The average molecular weight is 816 g/mol. The standard InChI is InChI=1S/C49H42ClN5O5/c1-4-10-29-11-8-16-39(44(29)56)43-37-25-26-38-42(47(59)54(45(38)57)35-23-19-33(20-24-35)52-51-32-17-21-34(22-18-32)53(2)3)40(37)28-41-46(58)55(36-15-9-14-31(50)27-36)48(60)49(41,43)30-12-6-5-7-13-30/h4-9,11-25,27,38,40-43,56H,1,10,26,28H2,2-3H3/t38-,40+,41-,42-,43+,49+/m0/s1. The lowest BCUT2D eigenvalue weighted by atomic mass is 9.49. The maximum Gasteiger partial charge on any atom is 0.246 e. The highest BCUT2D eigenvalue weighted by Crippen LogP contribution is 2.65. The van der Waals surface area contributed by atoms with Crippen molar-refractivity contribution in [3.63, 3.8) is 0 Å². The van der Waals surface area contributed by atoms with Crippen molar-refractivity contribution in [2.45, 2.75) is 30.6 Å². The minimum atomic E-state index is -1.51. The summed E-state index contributed by atoms with van der Waals surface area (Å²) in [6.07, 6.45) is 4.43. The van der Waals surface area contributed by atoms with Gasteiger partial charge in [-0.15, -0.1) is 6.58 Å². The van der Waals surface area contributed by atoms with Gasteiger partial charge in [0.15, 0.2) is 0 Å². The quantitative estimate of drug-likeness (QED) is 0.0899. The molecule has 0 spiro atoms. The van der Waals surface area contributed by atoms with E-state index in [1.807, 2.05) is 91.8 Å². The molecule has 2 heterocycles. The first-order chi connectivity index (χ1) is 29.0. The number of anilines is 3. The van der Waals surface area contributed by atoms with Crippen molar-refractivity contribution in [3.05, 3.63) is 167 Å². The predicted octanol–water partition coefficient (Wildman–Crippen LogP) is 9.62. The van der Waals surface area contributed by atoms with Crippen molar-refractivity contribution in [1.82, 2.24) is 0 Å². The van der Waals surface area contributed by atoms with E-state index in [9.17, 15) is 14.7 Å². The molecule has 2 saturated heterocycles. The molecule has 5 aromatic carbocycles. The number of allylic oxidation sites excluding steroid dienone is 3. The zero-order chi connectivity index (χ0) is 41.9. The Balaban J connectivity index is 1.13.